The number of aromatic nitrogens is 1. The number of hydrogen-bond acceptors (Lipinski definition) is 4. The second kappa shape index (κ2) is 7.95. The Hall–Kier alpha value is -1.35. The number of hydrogen-bond donors (Lipinski definition) is 0. The quantitative estimate of drug-likeness (QED) is 0.479. The Bertz CT molecular complexity index is 1090. The Morgan fingerprint density at radius 1 is 1.11 bits per heavy atom. The van der Waals surface area contributed by atoms with Crippen molar-refractivity contribution in [3.8, 4) is 5.75 Å². The van der Waals surface area contributed by atoms with Crippen molar-refractivity contribution in [2.24, 2.45) is 0 Å². The first kappa shape index (κ1) is 20.4. The van der Waals surface area contributed by atoms with E-state index < -0.39 is 10.0 Å². The van der Waals surface area contributed by atoms with Gasteiger partial charge in [0.25, 0.3) is 10.0 Å². The lowest BCUT2D eigenvalue weighted by Gasteiger charge is -2.13. The topological polar surface area (TPSA) is 51.5 Å². The highest BCUT2D eigenvalue weighted by atomic mass is 79.9. The van der Waals surface area contributed by atoms with Gasteiger partial charge in [-0.05, 0) is 67.3 Å². The van der Waals surface area contributed by atoms with Crippen LogP contribution < -0.4 is 4.74 Å². The molecule has 27 heavy (non-hydrogen) atoms. The fraction of sp³-hybridized carbons (Fsp3) is 0.263. The molecule has 0 saturated heterocycles. The summed E-state index contributed by atoms with van der Waals surface area (Å²) in [7, 11) is 0.135. The monoisotopic (exact) mass is 514 g/mol. The molecule has 0 aliphatic rings. The molecule has 0 atom stereocenters. The van der Waals surface area contributed by atoms with Gasteiger partial charge >= 0.3 is 0 Å². The molecule has 0 unspecified atom stereocenters. The molecule has 0 bridgehead atoms. The predicted octanol–water partition coefficient (Wildman–Crippen LogP) is 4.65. The molecule has 0 amide bonds. The second-order valence-electron chi connectivity index (χ2n) is 6.43. The zero-order chi connectivity index (χ0) is 19.8. The minimum atomic E-state index is -3.80. The van der Waals surface area contributed by atoms with Crippen molar-refractivity contribution < 1.29 is 13.2 Å². The van der Waals surface area contributed by atoms with Crippen LogP contribution in [0.2, 0.25) is 0 Å². The van der Waals surface area contributed by atoms with Crippen LogP contribution >= 0.6 is 31.9 Å². The van der Waals surface area contributed by atoms with Crippen LogP contribution in [0.5, 0.6) is 5.75 Å². The van der Waals surface area contributed by atoms with Gasteiger partial charge in [-0.2, -0.15) is 0 Å². The first-order valence-corrected chi connectivity index (χ1v) is 11.3. The highest BCUT2D eigenvalue weighted by Gasteiger charge is 2.27. The van der Waals surface area contributed by atoms with E-state index in [0.29, 0.717) is 28.0 Å². The van der Waals surface area contributed by atoms with Gasteiger partial charge in [0.2, 0.25) is 0 Å². The number of nitrogens with zero attached hydrogens (tertiary/aromatic N) is 2. The van der Waals surface area contributed by atoms with E-state index in [-0.39, 0.29) is 4.90 Å². The van der Waals surface area contributed by atoms with Crippen LogP contribution in [-0.4, -0.2) is 44.5 Å². The summed E-state index contributed by atoms with van der Waals surface area (Å²) in [6, 6.07) is 12.3. The van der Waals surface area contributed by atoms with Gasteiger partial charge < -0.3 is 9.64 Å². The van der Waals surface area contributed by atoms with Crippen molar-refractivity contribution in [3.05, 3.63) is 57.1 Å². The van der Waals surface area contributed by atoms with Crippen molar-refractivity contribution in [2.75, 3.05) is 27.2 Å². The molecule has 1 heterocycles. The normalized spacial score (nSPS) is 12.1. The summed E-state index contributed by atoms with van der Waals surface area (Å²) >= 11 is 6.83. The molecular formula is C19H20Br2N2O3S. The Labute approximate surface area is 176 Å². The van der Waals surface area contributed by atoms with Gasteiger partial charge in [0.05, 0.1) is 11.2 Å². The molecule has 3 aromatic rings. The first-order valence-electron chi connectivity index (χ1n) is 8.31. The van der Waals surface area contributed by atoms with Crippen LogP contribution in [0.25, 0.3) is 10.9 Å². The standard InChI is InChI=1S/C19H20Br2N2O3S/c1-13-19(26-11-10-22(2)3)15-12-14(20)8-9-17(15)23(13)27(24,25)18-7-5-4-6-16(18)21/h4-9,12H,10-11H2,1-3H3. The van der Waals surface area contributed by atoms with Crippen molar-refractivity contribution in [1.82, 2.24) is 8.87 Å². The number of fused-ring (bicyclic) bond motifs is 1. The minimum absolute atomic E-state index is 0.216. The predicted molar refractivity (Wildman–Crippen MR) is 115 cm³/mol. The Morgan fingerprint density at radius 3 is 2.48 bits per heavy atom. The molecule has 0 saturated carbocycles. The van der Waals surface area contributed by atoms with E-state index in [1.165, 1.54) is 3.97 Å². The fourth-order valence-corrected chi connectivity index (χ4v) is 5.79. The second-order valence-corrected chi connectivity index (χ2v) is 9.95. The van der Waals surface area contributed by atoms with E-state index in [9.17, 15) is 8.42 Å². The summed E-state index contributed by atoms with van der Waals surface area (Å²) in [5.74, 6) is 0.587. The van der Waals surface area contributed by atoms with Crippen LogP contribution in [0.1, 0.15) is 5.69 Å². The average Bonchev–Trinajstić information content (AvgIpc) is 2.87. The molecule has 2 aromatic carbocycles. The largest absolute Gasteiger partial charge is 0.490 e. The van der Waals surface area contributed by atoms with Crippen LogP contribution in [0, 0.1) is 6.92 Å². The molecule has 8 heteroatoms. The van der Waals surface area contributed by atoms with E-state index in [4.69, 9.17) is 4.74 Å². The maximum Gasteiger partial charge on any atom is 0.269 e. The van der Waals surface area contributed by atoms with Crippen LogP contribution in [0.15, 0.2) is 56.3 Å². The summed E-state index contributed by atoms with van der Waals surface area (Å²) in [6.07, 6.45) is 0. The number of likely N-dealkylation sites (N-methyl/N-ethyl adjacent to an activating group) is 1. The van der Waals surface area contributed by atoms with Crippen LogP contribution in [0.3, 0.4) is 0 Å². The van der Waals surface area contributed by atoms with E-state index >= 15 is 0 Å². The van der Waals surface area contributed by atoms with E-state index in [2.05, 4.69) is 31.9 Å². The van der Waals surface area contributed by atoms with E-state index in [0.717, 1.165) is 16.4 Å². The van der Waals surface area contributed by atoms with Crippen molar-refractivity contribution in [1.29, 1.82) is 0 Å². The third-order valence-electron chi connectivity index (χ3n) is 4.20. The SMILES string of the molecule is Cc1c(OCCN(C)C)c2cc(Br)ccc2n1S(=O)(=O)c1ccccc1Br. The summed E-state index contributed by atoms with van der Waals surface area (Å²) < 4.78 is 35.6. The third kappa shape index (κ3) is 3.94. The lowest BCUT2D eigenvalue weighted by Crippen LogP contribution is -2.20. The Balaban J connectivity index is 2.22. The lowest BCUT2D eigenvalue weighted by atomic mass is 10.2. The zero-order valence-electron chi connectivity index (χ0n) is 15.2. The number of rotatable bonds is 6. The smallest absolute Gasteiger partial charge is 0.269 e. The third-order valence-corrected chi connectivity index (χ3v) is 7.51. The summed E-state index contributed by atoms with van der Waals surface area (Å²) in [5.41, 5.74) is 1.14. The summed E-state index contributed by atoms with van der Waals surface area (Å²) in [4.78, 5) is 2.23. The molecule has 144 valence electrons. The van der Waals surface area contributed by atoms with Crippen molar-refractivity contribution in [3.63, 3.8) is 0 Å². The van der Waals surface area contributed by atoms with Gasteiger partial charge in [-0.25, -0.2) is 12.4 Å². The Morgan fingerprint density at radius 2 is 1.81 bits per heavy atom. The highest BCUT2D eigenvalue weighted by Crippen LogP contribution is 2.38. The summed E-state index contributed by atoms with van der Waals surface area (Å²) in [6.45, 7) is 2.97. The maximum atomic E-state index is 13.4. The molecule has 1 aromatic heterocycles. The molecule has 0 aliphatic heterocycles. The number of halogens is 2. The van der Waals surface area contributed by atoms with E-state index in [1.807, 2.05) is 31.1 Å². The molecule has 5 nitrogen and oxygen atoms in total. The van der Waals surface area contributed by atoms with Gasteiger partial charge in [0.15, 0.2) is 0 Å². The molecular weight excluding hydrogens is 496 g/mol. The van der Waals surface area contributed by atoms with Gasteiger partial charge in [-0.1, -0.05) is 28.1 Å². The molecule has 0 N–H and O–H groups in total. The van der Waals surface area contributed by atoms with Gasteiger partial charge in [0, 0.05) is 20.9 Å². The van der Waals surface area contributed by atoms with Crippen LogP contribution in [0.4, 0.5) is 0 Å². The van der Waals surface area contributed by atoms with Crippen LogP contribution in [-0.2, 0) is 10.0 Å². The lowest BCUT2D eigenvalue weighted by molar-refractivity contribution is 0.262. The first-order chi connectivity index (χ1) is 12.7. The minimum Gasteiger partial charge on any atom is -0.490 e. The van der Waals surface area contributed by atoms with E-state index in [1.54, 1.807) is 37.3 Å². The van der Waals surface area contributed by atoms with Gasteiger partial charge in [0.1, 0.15) is 17.3 Å². The summed E-state index contributed by atoms with van der Waals surface area (Å²) in [5, 5.41) is 0.760. The fourth-order valence-electron chi connectivity index (χ4n) is 2.91. The highest BCUT2D eigenvalue weighted by molar-refractivity contribution is 9.10. The molecule has 0 fully saturated rings. The Kier molecular flexibility index (Phi) is 6.00. The van der Waals surface area contributed by atoms with Crippen molar-refractivity contribution >= 4 is 52.8 Å². The average molecular weight is 516 g/mol. The zero-order valence-corrected chi connectivity index (χ0v) is 19.2. The number of ether oxygens (including phenoxy) is 1. The maximum absolute atomic E-state index is 13.4. The van der Waals surface area contributed by atoms with Gasteiger partial charge in [-0.3, -0.25) is 0 Å². The molecule has 0 radical (unpaired) electrons. The number of benzene rings is 2. The van der Waals surface area contributed by atoms with Crippen molar-refractivity contribution in [2.45, 2.75) is 11.8 Å². The molecule has 0 spiro atoms. The molecule has 0 aliphatic carbocycles. The molecule has 3 rings (SSSR count). The van der Waals surface area contributed by atoms with Gasteiger partial charge in [-0.15, -0.1) is 0 Å².